The summed E-state index contributed by atoms with van der Waals surface area (Å²) >= 11 is 6.38. The number of rotatable bonds is 5. The number of aromatic nitrogens is 2. The van der Waals surface area contributed by atoms with Crippen molar-refractivity contribution < 1.29 is 9.59 Å². The third-order valence-electron chi connectivity index (χ3n) is 4.79. The lowest BCUT2D eigenvalue weighted by Crippen LogP contribution is -2.36. The lowest BCUT2D eigenvalue weighted by molar-refractivity contribution is -0.126. The molecule has 4 rings (SSSR count). The summed E-state index contributed by atoms with van der Waals surface area (Å²) in [5.41, 5.74) is 3.63. The fraction of sp³-hybridized carbons (Fsp3) is 0.190. The molecule has 1 unspecified atom stereocenters. The van der Waals surface area contributed by atoms with Crippen molar-refractivity contribution in [2.75, 3.05) is 6.54 Å². The van der Waals surface area contributed by atoms with Crippen LogP contribution in [0.4, 0.5) is 4.79 Å². The van der Waals surface area contributed by atoms with E-state index in [2.05, 4.69) is 15.3 Å². The van der Waals surface area contributed by atoms with E-state index < -0.39 is 12.1 Å². The van der Waals surface area contributed by atoms with Crippen LogP contribution in [0.3, 0.4) is 0 Å². The molecular formula is C21H19ClN4O2. The van der Waals surface area contributed by atoms with Gasteiger partial charge >= 0.3 is 6.03 Å². The molecule has 2 heterocycles. The first-order chi connectivity index (χ1) is 13.5. The first-order valence-electron chi connectivity index (χ1n) is 8.98. The molecule has 3 amide bonds. The number of benzene rings is 2. The minimum atomic E-state index is -0.532. The second-order valence-electron chi connectivity index (χ2n) is 6.79. The highest BCUT2D eigenvalue weighted by molar-refractivity contribution is 6.33. The third kappa shape index (κ3) is 3.51. The number of imidazole rings is 1. The minimum Gasteiger partial charge on any atom is -0.340 e. The van der Waals surface area contributed by atoms with Crippen molar-refractivity contribution in [1.82, 2.24) is 20.2 Å². The number of aromatic amines is 1. The molecule has 0 radical (unpaired) electrons. The minimum absolute atomic E-state index is 0.00147. The Morgan fingerprint density at radius 2 is 1.96 bits per heavy atom. The van der Waals surface area contributed by atoms with Crippen molar-refractivity contribution in [1.29, 1.82) is 0 Å². The lowest BCUT2D eigenvalue weighted by Gasteiger charge is -2.23. The van der Waals surface area contributed by atoms with Crippen LogP contribution in [-0.2, 0) is 11.2 Å². The van der Waals surface area contributed by atoms with Gasteiger partial charge in [0.2, 0.25) is 0 Å². The van der Waals surface area contributed by atoms with E-state index in [0.29, 0.717) is 17.3 Å². The predicted molar refractivity (Wildman–Crippen MR) is 107 cm³/mol. The smallest absolute Gasteiger partial charge is 0.325 e. The largest absolute Gasteiger partial charge is 0.340 e. The van der Waals surface area contributed by atoms with E-state index in [9.17, 15) is 9.59 Å². The van der Waals surface area contributed by atoms with E-state index in [1.807, 2.05) is 55.5 Å². The second-order valence-corrected chi connectivity index (χ2v) is 7.20. The maximum absolute atomic E-state index is 12.3. The van der Waals surface area contributed by atoms with Gasteiger partial charge in [0.25, 0.3) is 5.91 Å². The molecule has 2 aromatic carbocycles. The molecule has 1 aliphatic heterocycles. The van der Waals surface area contributed by atoms with E-state index in [1.165, 1.54) is 4.90 Å². The highest BCUT2D eigenvalue weighted by atomic mass is 35.5. The molecule has 1 aliphatic rings. The van der Waals surface area contributed by atoms with Gasteiger partial charge in [0, 0.05) is 12.0 Å². The van der Waals surface area contributed by atoms with Crippen LogP contribution in [-0.4, -0.2) is 33.4 Å². The maximum Gasteiger partial charge on any atom is 0.325 e. The van der Waals surface area contributed by atoms with E-state index in [4.69, 9.17) is 11.6 Å². The molecule has 7 heteroatoms. The van der Waals surface area contributed by atoms with Gasteiger partial charge in [-0.1, -0.05) is 54.1 Å². The highest BCUT2D eigenvalue weighted by Gasteiger charge is 2.37. The SMILES string of the molecule is Cc1ccc(-c2cnc(C(Cc3ccccc3)N3C(=O)CNC3=O)[nH]2)c(Cl)c1. The molecule has 1 aromatic heterocycles. The number of nitrogens with zero attached hydrogens (tertiary/aromatic N) is 2. The molecule has 2 N–H and O–H groups in total. The average molecular weight is 395 g/mol. The zero-order chi connectivity index (χ0) is 19.7. The summed E-state index contributed by atoms with van der Waals surface area (Å²) in [4.78, 5) is 33.6. The van der Waals surface area contributed by atoms with Gasteiger partial charge < -0.3 is 10.3 Å². The molecule has 0 spiro atoms. The number of amides is 3. The summed E-state index contributed by atoms with van der Waals surface area (Å²) < 4.78 is 0. The number of carbonyl (C=O) groups excluding carboxylic acids is 2. The van der Waals surface area contributed by atoms with Crippen molar-refractivity contribution in [2.24, 2.45) is 0 Å². The Bertz CT molecular complexity index is 1020. The average Bonchev–Trinajstić information content (AvgIpc) is 3.28. The molecule has 1 saturated heterocycles. The van der Waals surface area contributed by atoms with E-state index in [1.54, 1.807) is 6.20 Å². The van der Waals surface area contributed by atoms with Gasteiger partial charge in [0.1, 0.15) is 11.9 Å². The van der Waals surface area contributed by atoms with Crippen molar-refractivity contribution in [3.63, 3.8) is 0 Å². The van der Waals surface area contributed by atoms with Gasteiger partial charge in [-0.05, 0) is 24.1 Å². The van der Waals surface area contributed by atoms with E-state index in [0.717, 1.165) is 22.4 Å². The van der Waals surface area contributed by atoms with Crippen LogP contribution in [0.2, 0.25) is 5.02 Å². The Hall–Kier alpha value is -3.12. The summed E-state index contributed by atoms with van der Waals surface area (Å²) in [6.07, 6.45) is 2.15. The number of halogens is 1. The van der Waals surface area contributed by atoms with Crippen LogP contribution in [0.15, 0.2) is 54.7 Å². The predicted octanol–water partition coefficient (Wildman–Crippen LogP) is 3.87. The second kappa shape index (κ2) is 7.48. The standard InChI is InChI=1S/C21H19ClN4O2/c1-13-7-8-15(16(22)9-13)17-11-23-20(25-17)18(10-14-5-3-2-4-6-14)26-19(27)12-24-21(26)28/h2-9,11,18H,10,12H2,1H3,(H,23,25)(H,24,28). The van der Waals surface area contributed by atoms with Gasteiger partial charge in [0.05, 0.1) is 23.5 Å². The Morgan fingerprint density at radius 3 is 2.64 bits per heavy atom. The number of urea groups is 1. The molecule has 3 aromatic rings. The monoisotopic (exact) mass is 394 g/mol. The van der Waals surface area contributed by atoms with Gasteiger partial charge in [-0.3, -0.25) is 9.69 Å². The third-order valence-corrected chi connectivity index (χ3v) is 5.10. The summed E-state index contributed by atoms with van der Waals surface area (Å²) in [5, 5.41) is 3.20. The quantitative estimate of drug-likeness (QED) is 0.645. The van der Waals surface area contributed by atoms with Crippen molar-refractivity contribution in [3.8, 4) is 11.3 Å². The summed E-state index contributed by atoms with van der Waals surface area (Å²) in [5.74, 6) is 0.276. The number of aryl methyl sites for hydroxylation is 1. The number of imide groups is 1. The van der Waals surface area contributed by atoms with Crippen molar-refractivity contribution in [3.05, 3.63) is 76.7 Å². The van der Waals surface area contributed by atoms with E-state index >= 15 is 0 Å². The van der Waals surface area contributed by atoms with E-state index in [-0.39, 0.29) is 12.5 Å². The van der Waals surface area contributed by atoms with Crippen LogP contribution < -0.4 is 5.32 Å². The zero-order valence-electron chi connectivity index (χ0n) is 15.3. The maximum atomic E-state index is 12.3. The molecule has 0 saturated carbocycles. The summed E-state index contributed by atoms with van der Waals surface area (Å²) in [6.45, 7) is 1.98. The normalized spacial score (nSPS) is 15.0. The molecule has 1 fully saturated rings. The van der Waals surface area contributed by atoms with Crippen LogP contribution in [0, 0.1) is 6.92 Å². The molecule has 28 heavy (non-hydrogen) atoms. The van der Waals surface area contributed by atoms with Gasteiger partial charge in [-0.2, -0.15) is 0 Å². The topological polar surface area (TPSA) is 78.1 Å². The molecule has 1 atom stereocenters. The number of carbonyl (C=O) groups is 2. The van der Waals surface area contributed by atoms with Crippen LogP contribution in [0.5, 0.6) is 0 Å². The number of nitrogens with one attached hydrogen (secondary N) is 2. The van der Waals surface area contributed by atoms with Gasteiger partial charge in [0.15, 0.2) is 0 Å². The molecular weight excluding hydrogens is 376 g/mol. The first-order valence-corrected chi connectivity index (χ1v) is 9.36. The Labute approximate surface area is 167 Å². The van der Waals surface area contributed by atoms with Crippen LogP contribution in [0.1, 0.15) is 23.0 Å². The van der Waals surface area contributed by atoms with Gasteiger partial charge in [-0.15, -0.1) is 0 Å². The van der Waals surface area contributed by atoms with Crippen molar-refractivity contribution in [2.45, 2.75) is 19.4 Å². The Kier molecular flexibility index (Phi) is 4.88. The molecule has 0 aliphatic carbocycles. The number of hydrogen-bond donors (Lipinski definition) is 2. The van der Waals surface area contributed by atoms with Crippen molar-refractivity contribution >= 4 is 23.5 Å². The zero-order valence-corrected chi connectivity index (χ0v) is 16.0. The summed E-state index contributed by atoms with van der Waals surface area (Å²) in [6, 6.07) is 14.6. The van der Waals surface area contributed by atoms with Gasteiger partial charge in [-0.25, -0.2) is 9.78 Å². The number of hydrogen-bond acceptors (Lipinski definition) is 3. The fourth-order valence-electron chi connectivity index (χ4n) is 3.38. The molecule has 6 nitrogen and oxygen atoms in total. The summed E-state index contributed by atoms with van der Waals surface area (Å²) in [7, 11) is 0. The fourth-order valence-corrected chi connectivity index (χ4v) is 3.72. The molecule has 0 bridgehead atoms. The molecule has 142 valence electrons. The first kappa shape index (κ1) is 18.3. The number of H-pyrrole nitrogens is 1. The lowest BCUT2D eigenvalue weighted by atomic mass is 10.0. The highest BCUT2D eigenvalue weighted by Crippen LogP contribution is 2.31. The Balaban J connectivity index is 1.71. The Morgan fingerprint density at radius 1 is 1.18 bits per heavy atom. The van der Waals surface area contributed by atoms with Crippen LogP contribution >= 0.6 is 11.6 Å². The van der Waals surface area contributed by atoms with Crippen LogP contribution in [0.25, 0.3) is 11.3 Å².